The van der Waals surface area contributed by atoms with Crippen LogP contribution >= 0.6 is 12.2 Å². The highest BCUT2D eigenvalue weighted by molar-refractivity contribution is 7.80. The number of hydrogen-bond acceptors (Lipinski definition) is 5. The van der Waals surface area contributed by atoms with Crippen molar-refractivity contribution in [3.05, 3.63) is 53.0 Å². The summed E-state index contributed by atoms with van der Waals surface area (Å²) in [5.41, 5.74) is 4.05. The maximum absolute atomic E-state index is 12.5. The molecule has 4 rings (SSSR count). The van der Waals surface area contributed by atoms with Crippen molar-refractivity contribution < 1.29 is 9.53 Å². The predicted molar refractivity (Wildman–Crippen MR) is 104 cm³/mol. The first-order valence-electron chi connectivity index (χ1n) is 9.04. The molecule has 1 unspecified atom stereocenters. The third kappa shape index (κ3) is 3.57. The summed E-state index contributed by atoms with van der Waals surface area (Å²) in [6, 6.07) is 7.47. The van der Waals surface area contributed by atoms with Crippen LogP contribution < -0.4 is 10.6 Å². The molecule has 1 saturated carbocycles. The molecule has 0 radical (unpaired) electrons. The van der Waals surface area contributed by atoms with Crippen molar-refractivity contribution in [1.29, 1.82) is 0 Å². The Labute approximate surface area is 162 Å². The fourth-order valence-electron chi connectivity index (χ4n) is 3.24. The van der Waals surface area contributed by atoms with Gasteiger partial charge in [0.25, 0.3) is 0 Å². The lowest BCUT2D eigenvalue weighted by molar-refractivity contribution is -0.139. The van der Waals surface area contributed by atoms with Crippen molar-refractivity contribution in [1.82, 2.24) is 25.6 Å². The summed E-state index contributed by atoms with van der Waals surface area (Å²) < 4.78 is 7.02. The van der Waals surface area contributed by atoms with Crippen molar-refractivity contribution in [3.8, 4) is 5.69 Å². The van der Waals surface area contributed by atoms with E-state index in [9.17, 15) is 4.79 Å². The third-order valence-electron chi connectivity index (χ3n) is 4.74. The number of nitrogens with zero attached hydrogens (tertiary/aromatic N) is 3. The molecule has 1 aromatic heterocycles. The highest BCUT2D eigenvalue weighted by Crippen LogP contribution is 2.38. The molecule has 0 amide bonds. The average Bonchev–Trinajstić information content (AvgIpc) is 3.38. The first-order valence-corrected chi connectivity index (χ1v) is 9.45. The summed E-state index contributed by atoms with van der Waals surface area (Å²) in [6.07, 6.45) is 4.34. The van der Waals surface area contributed by atoms with E-state index in [1.807, 2.05) is 37.4 Å². The summed E-state index contributed by atoms with van der Waals surface area (Å²) in [6.45, 7) is 3.94. The molecule has 7 nitrogen and oxygen atoms in total. The van der Waals surface area contributed by atoms with Crippen molar-refractivity contribution >= 4 is 23.3 Å². The van der Waals surface area contributed by atoms with Crippen LogP contribution in [0.25, 0.3) is 5.69 Å². The molecule has 1 fully saturated rings. The minimum absolute atomic E-state index is 0.315. The summed E-state index contributed by atoms with van der Waals surface area (Å²) in [5, 5.41) is 15.2. The van der Waals surface area contributed by atoms with Crippen LogP contribution in [0.5, 0.6) is 0 Å². The Bertz CT molecular complexity index is 932. The summed E-state index contributed by atoms with van der Waals surface area (Å²) >= 11 is 5.29. The van der Waals surface area contributed by atoms with Crippen LogP contribution in [0.3, 0.4) is 0 Å². The van der Waals surface area contributed by atoms with Gasteiger partial charge in [-0.05, 0) is 56.6 Å². The van der Waals surface area contributed by atoms with E-state index in [0.29, 0.717) is 28.9 Å². The standard InChI is InChI=1S/C19H21N5O2S/c1-3-26-18(25)16-11(2)20-19(27)21-17(16)13-5-4-6-14(9-13)24-10-15(22-23-24)12-7-8-12/h4-6,9-10,12,17H,3,7-8H2,1-2H3,(H2,20,21,27). The van der Waals surface area contributed by atoms with Crippen molar-refractivity contribution in [2.24, 2.45) is 0 Å². The Balaban J connectivity index is 1.69. The third-order valence-corrected chi connectivity index (χ3v) is 4.96. The molecule has 2 N–H and O–H groups in total. The minimum atomic E-state index is -0.385. The van der Waals surface area contributed by atoms with Gasteiger partial charge in [-0.25, -0.2) is 9.48 Å². The number of hydrogen-bond donors (Lipinski definition) is 2. The number of esters is 1. The van der Waals surface area contributed by atoms with Crippen LogP contribution in [-0.2, 0) is 9.53 Å². The second-order valence-electron chi connectivity index (χ2n) is 6.75. The van der Waals surface area contributed by atoms with Crippen LogP contribution in [-0.4, -0.2) is 32.7 Å². The second kappa shape index (κ2) is 7.11. The average molecular weight is 383 g/mol. The molecule has 2 heterocycles. The van der Waals surface area contributed by atoms with Gasteiger partial charge in [0.05, 0.1) is 35.8 Å². The fraction of sp³-hybridized carbons (Fsp3) is 0.368. The molecular formula is C19H21N5O2S. The zero-order chi connectivity index (χ0) is 19.0. The Kier molecular flexibility index (Phi) is 4.65. The van der Waals surface area contributed by atoms with Gasteiger partial charge in [0.1, 0.15) is 0 Å². The van der Waals surface area contributed by atoms with Gasteiger partial charge >= 0.3 is 5.97 Å². The molecule has 1 aliphatic heterocycles. The molecule has 140 valence electrons. The Morgan fingerprint density at radius 3 is 2.96 bits per heavy atom. The van der Waals surface area contributed by atoms with Crippen LogP contribution in [0.15, 0.2) is 41.7 Å². The van der Waals surface area contributed by atoms with Crippen LogP contribution in [0.1, 0.15) is 49.9 Å². The van der Waals surface area contributed by atoms with E-state index in [0.717, 1.165) is 16.9 Å². The lowest BCUT2D eigenvalue weighted by Gasteiger charge is -2.30. The van der Waals surface area contributed by atoms with Gasteiger partial charge in [-0.15, -0.1) is 5.10 Å². The first kappa shape index (κ1) is 17.7. The number of rotatable bonds is 5. The topological polar surface area (TPSA) is 81.1 Å². The molecule has 2 aliphatic rings. The lowest BCUT2D eigenvalue weighted by atomic mass is 9.95. The van der Waals surface area contributed by atoms with E-state index in [4.69, 9.17) is 17.0 Å². The smallest absolute Gasteiger partial charge is 0.338 e. The molecule has 0 bridgehead atoms. The maximum Gasteiger partial charge on any atom is 0.338 e. The van der Waals surface area contributed by atoms with E-state index in [2.05, 4.69) is 20.9 Å². The number of nitrogens with one attached hydrogen (secondary N) is 2. The fourth-order valence-corrected chi connectivity index (χ4v) is 3.51. The maximum atomic E-state index is 12.5. The normalized spacial score (nSPS) is 19.5. The second-order valence-corrected chi connectivity index (χ2v) is 7.16. The largest absolute Gasteiger partial charge is 0.463 e. The number of carbonyl (C=O) groups excluding carboxylic acids is 1. The molecule has 1 aromatic carbocycles. The number of ether oxygens (including phenoxy) is 1. The Hall–Kier alpha value is -2.74. The molecule has 1 atom stereocenters. The number of aromatic nitrogens is 3. The number of allylic oxidation sites excluding steroid dienone is 1. The van der Waals surface area contributed by atoms with E-state index >= 15 is 0 Å². The SMILES string of the molecule is CCOC(=O)C1=C(C)NC(=S)NC1c1cccc(-n2cc(C3CC3)nn2)c1. The number of benzene rings is 1. The molecule has 2 aromatic rings. The van der Waals surface area contributed by atoms with E-state index in [-0.39, 0.29) is 12.0 Å². The van der Waals surface area contributed by atoms with Gasteiger partial charge < -0.3 is 15.4 Å². The van der Waals surface area contributed by atoms with E-state index in [1.165, 1.54) is 12.8 Å². The predicted octanol–water partition coefficient (Wildman–Crippen LogP) is 2.50. The first-order chi connectivity index (χ1) is 13.1. The van der Waals surface area contributed by atoms with E-state index < -0.39 is 0 Å². The zero-order valence-electron chi connectivity index (χ0n) is 15.2. The van der Waals surface area contributed by atoms with Gasteiger partial charge in [-0.3, -0.25) is 0 Å². The lowest BCUT2D eigenvalue weighted by Crippen LogP contribution is -2.45. The molecule has 1 aliphatic carbocycles. The summed E-state index contributed by atoms with van der Waals surface area (Å²) in [4.78, 5) is 12.5. The van der Waals surface area contributed by atoms with Gasteiger partial charge in [0, 0.05) is 11.6 Å². The van der Waals surface area contributed by atoms with Crippen LogP contribution in [0.4, 0.5) is 0 Å². The number of carbonyl (C=O) groups is 1. The zero-order valence-corrected chi connectivity index (χ0v) is 16.0. The van der Waals surface area contributed by atoms with Gasteiger partial charge in [-0.1, -0.05) is 17.3 Å². The molecule has 8 heteroatoms. The summed E-state index contributed by atoms with van der Waals surface area (Å²) in [5.74, 6) is 0.191. The highest BCUT2D eigenvalue weighted by Gasteiger charge is 2.31. The quantitative estimate of drug-likeness (QED) is 0.606. The van der Waals surface area contributed by atoms with Crippen molar-refractivity contribution in [2.75, 3.05) is 6.61 Å². The molecule has 27 heavy (non-hydrogen) atoms. The Morgan fingerprint density at radius 1 is 1.41 bits per heavy atom. The van der Waals surface area contributed by atoms with Gasteiger partial charge in [-0.2, -0.15) is 0 Å². The number of thiocarbonyl (C=S) groups is 1. The van der Waals surface area contributed by atoms with Crippen LogP contribution in [0.2, 0.25) is 0 Å². The van der Waals surface area contributed by atoms with Gasteiger partial charge in [0.15, 0.2) is 5.11 Å². The molecular weight excluding hydrogens is 362 g/mol. The minimum Gasteiger partial charge on any atom is -0.463 e. The monoisotopic (exact) mass is 383 g/mol. The highest BCUT2D eigenvalue weighted by atomic mass is 32.1. The summed E-state index contributed by atoms with van der Waals surface area (Å²) in [7, 11) is 0. The van der Waals surface area contributed by atoms with Crippen molar-refractivity contribution in [2.45, 2.75) is 38.6 Å². The van der Waals surface area contributed by atoms with Crippen LogP contribution in [0, 0.1) is 0 Å². The molecule has 0 spiro atoms. The van der Waals surface area contributed by atoms with Crippen molar-refractivity contribution in [3.63, 3.8) is 0 Å². The molecule has 0 saturated heterocycles. The van der Waals surface area contributed by atoms with Gasteiger partial charge in [0.2, 0.25) is 0 Å². The Morgan fingerprint density at radius 2 is 2.22 bits per heavy atom. The van der Waals surface area contributed by atoms with E-state index in [1.54, 1.807) is 11.6 Å².